The number of hydrogen-bond acceptors (Lipinski definition) is 5. The molecule has 0 aromatic carbocycles. The van der Waals surface area contributed by atoms with Crippen LogP contribution in [0, 0.1) is 6.92 Å². The van der Waals surface area contributed by atoms with Gasteiger partial charge in [-0.25, -0.2) is 9.78 Å². The number of ether oxygens (including phenoxy) is 1. The molecule has 1 aliphatic heterocycles. The summed E-state index contributed by atoms with van der Waals surface area (Å²) in [6.45, 7) is 8.32. The molecule has 0 spiro atoms. The van der Waals surface area contributed by atoms with Crippen LogP contribution in [0.3, 0.4) is 0 Å². The molecule has 0 radical (unpaired) electrons. The highest BCUT2D eigenvalue weighted by molar-refractivity contribution is 5.79. The van der Waals surface area contributed by atoms with E-state index in [0.717, 1.165) is 16.7 Å². The number of aromatic nitrogens is 1. The van der Waals surface area contributed by atoms with Gasteiger partial charge in [0.25, 0.3) is 0 Å². The number of aryl methyl sites for hydroxylation is 1. The van der Waals surface area contributed by atoms with Crippen LogP contribution < -0.4 is 11.5 Å². The highest BCUT2D eigenvalue weighted by Crippen LogP contribution is 2.26. The number of pyridine rings is 1. The van der Waals surface area contributed by atoms with Gasteiger partial charge in [-0.1, -0.05) is 6.08 Å². The van der Waals surface area contributed by atoms with Gasteiger partial charge in [-0.2, -0.15) is 0 Å². The van der Waals surface area contributed by atoms with E-state index < -0.39 is 5.60 Å². The summed E-state index contributed by atoms with van der Waals surface area (Å²) < 4.78 is 5.42. The SMILES string of the molecule is Cc1cnc(N)c(C2=CC(N)CN(C(=O)OC(C)(C)C)C2)c1. The van der Waals surface area contributed by atoms with Gasteiger partial charge >= 0.3 is 6.09 Å². The molecule has 120 valence electrons. The highest BCUT2D eigenvalue weighted by Gasteiger charge is 2.28. The summed E-state index contributed by atoms with van der Waals surface area (Å²) in [4.78, 5) is 18.0. The van der Waals surface area contributed by atoms with Gasteiger partial charge in [-0.3, -0.25) is 0 Å². The van der Waals surface area contributed by atoms with Crippen molar-refractivity contribution < 1.29 is 9.53 Å². The number of rotatable bonds is 1. The maximum atomic E-state index is 12.3. The van der Waals surface area contributed by atoms with Crippen molar-refractivity contribution in [1.82, 2.24) is 9.88 Å². The molecule has 6 nitrogen and oxygen atoms in total. The monoisotopic (exact) mass is 304 g/mol. The fraction of sp³-hybridized carbons (Fsp3) is 0.500. The van der Waals surface area contributed by atoms with Crippen LogP contribution in [0.2, 0.25) is 0 Å². The first-order valence-corrected chi connectivity index (χ1v) is 7.32. The molecule has 1 aliphatic rings. The van der Waals surface area contributed by atoms with Gasteiger partial charge in [-0.05, 0) is 44.9 Å². The molecule has 0 bridgehead atoms. The molecule has 0 saturated carbocycles. The van der Waals surface area contributed by atoms with Gasteiger partial charge in [0.2, 0.25) is 0 Å². The van der Waals surface area contributed by atoms with Crippen LogP contribution in [0.5, 0.6) is 0 Å². The van der Waals surface area contributed by atoms with E-state index in [4.69, 9.17) is 16.2 Å². The second kappa shape index (κ2) is 5.96. The first-order chi connectivity index (χ1) is 10.2. The summed E-state index contributed by atoms with van der Waals surface area (Å²) in [6.07, 6.45) is 3.29. The number of anilines is 1. The van der Waals surface area contributed by atoms with E-state index in [1.807, 2.05) is 39.8 Å². The van der Waals surface area contributed by atoms with Crippen molar-refractivity contribution in [3.8, 4) is 0 Å². The average molecular weight is 304 g/mol. The lowest BCUT2D eigenvalue weighted by Gasteiger charge is -2.32. The summed E-state index contributed by atoms with van der Waals surface area (Å²) in [5, 5.41) is 0. The molecule has 22 heavy (non-hydrogen) atoms. The van der Waals surface area contributed by atoms with Crippen molar-refractivity contribution in [3.05, 3.63) is 29.5 Å². The van der Waals surface area contributed by atoms with Crippen molar-refractivity contribution >= 4 is 17.5 Å². The Hall–Kier alpha value is -2.08. The zero-order valence-electron chi connectivity index (χ0n) is 13.6. The Labute approximate surface area is 131 Å². The Morgan fingerprint density at radius 1 is 1.45 bits per heavy atom. The minimum atomic E-state index is -0.535. The number of hydrogen-bond donors (Lipinski definition) is 2. The van der Waals surface area contributed by atoms with E-state index in [2.05, 4.69) is 4.98 Å². The van der Waals surface area contributed by atoms with Crippen molar-refractivity contribution in [1.29, 1.82) is 0 Å². The zero-order chi connectivity index (χ0) is 16.5. The second-order valence-electron chi connectivity index (χ2n) is 6.66. The number of amides is 1. The predicted octanol–water partition coefficient (Wildman–Crippen LogP) is 1.93. The van der Waals surface area contributed by atoms with Crippen LogP contribution >= 0.6 is 0 Å². The quantitative estimate of drug-likeness (QED) is 0.826. The molecule has 2 heterocycles. The molecule has 1 unspecified atom stereocenters. The molecule has 1 aromatic rings. The van der Waals surface area contributed by atoms with Crippen LogP contribution in [-0.2, 0) is 4.74 Å². The molecule has 1 aromatic heterocycles. The van der Waals surface area contributed by atoms with Crippen LogP contribution in [-0.4, -0.2) is 40.7 Å². The first kappa shape index (κ1) is 16.3. The lowest BCUT2D eigenvalue weighted by Crippen LogP contribution is -2.46. The second-order valence-corrected chi connectivity index (χ2v) is 6.66. The van der Waals surface area contributed by atoms with Crippen molar-refractivity contribution in [2.24, 2.45) is 5.73 Å². The number of nitrogens with two attached hydrogens (primary N) is 2. The van der Waals surface area contributed by atoms with E-state index in [-0.39, 0.29) is 12.1 Å². The third-order valence-corrected chi connectivity index (χ3v) is 3.26. The van der Waals surface area contributed by atoms with Crippen LogP contribution in [0.25, 0.3) is 5.57 Å². The minimum Gasteiger partial charge on any atom is -0.444 e. The Kier molecular flexibility index (Phi) is 4.42. The zero-order valence-corrected chi connectivity index (χ0v) is 13.6. The van der Waals surface area contributed by atoms with E-state index in [1.54, 1.807) is 11.1 Å². The molecule has 6 heteroatoms. The van der Waals surface area contributed by atoms with Crippen molar-refractivity contribution in [2.75, 3.05) is 18.8 Å². The maximum absolute atomic E-state index is 12.3. The lowest BCUT2D eigenvalue weighted by atomic mass is 9.99. The minimum absolute atomic E-state index is 0.254. The molecule has 4 N–H and O–H groups in total. The molecule has 1 atom stereocenters. The average Bonchev–Trinajstić information content (AvgIpc) is 2.39. The van der Waals surface area contributed by atoms with Gasteiger partial charge in [0.05, 0.1) is 0 Å². The number of nitrogen functional groups attached to an aromatic ring is 1. The van der Waals surface area contributed by atoms with Gasteiger partial charge in [-0.15, -0.1) is 0 Å². The largest absolute Gasteiger partial charge is 0.444 e. The summed E-state index contributed by atoms with van der Waals surface area (Å²) in [5.74, 6) is 0.440. The standard InChI is InChI=1S/C16H24N4O2/c1-10-5-13(14(18)19-7-10)11-6-12(17)9-20(8-11)15(21)22-16(2,3)4/h5-7,12H,8-9,17H2,1-4H3,(H2,18,19). The molecule has 0 aliphatic carbocycles. The number of carbonyl (C=O) groups excluding carboxylic acids is 1. The Bertz CT molecular complexity index is 605. The maximum Gasteiger partial charge on any atom is 0.410 e. The Morgan fingerprint density at radius 2 is 2.14 bits per heavy atom. The third kappa shape index (κ3) is 3.98. The molecular formula is C16H24N4O2. The number of carbonyl (C=O) groups is 1. The van der Waals surface area contributed by atoms with Gasteiger partial charge in [0.15, 0.2) is 0 Å². The van der Waals surface area contributed by atoms with Gasteiger partial charge in [0, 0.05) is 30.9 Å². The van der Waals surface area contributed by atoms with Gasteiger partial charge < -0.3 is 21.1 Å². The van der Waals surface area contributed by atoms with Crippen LogP contribution in [0.1, 0.15) is 31.9 Å². The molecule has 1 amide bonds. The number of nitrogens with zero attached hydrogens (tertiary/aromatic N) is 2. The Balaban J connectivity index is 2.24. The summed E-state index contributed by atoms with van der Waals surface area (Å²) in [7, 11) is 0. The smallest absolute Gasteiger partial charge is 0.410 e. The van der Waals surface area contributed by atoms with Gasteiger partial charge in [0.1, 0.15) is 11.4 Å². The van der Waals surface area contributed by atoms with Crippen LogP contribution in [0.4, 0.5) is 10.6 Å². The van der Waals surface area contributed by atoms with E-state index in [0.29, 0.717) is 18.9 Å². The summed E-state index contributed by atoms with van der Waals surface area (Å²) in [6, 6.07) is 1.70. The van der Waals surface area contributed by atoms with Crippen LogP contribution in [0.15, 0.2) is 18.3 Å². The topological polar surface area (TPSA) is 94.5 Å². The fourth-order valence-corrected chi connectivity index (χ4v) is 2.37. The predicted molar refractivity (Wildman–Crippen MR) is 87.1 cm³/mol. The normalized spacial score (nSPS) is 18.9. The van der Waals surface area contributed by atoms with Crippen molar-refractivity contribution in [2.45, 2.75) is 39.3 Å². The molecular weight excluding hydrogens is 280 g/mol. The molecule has 0 saturated heterocycles. The Morgan fingerprint density at radius 3 is 2.77 bits per heavy atom. The summed E-state index contributed by atoms with van der Waals surface area (Å²) >= 11 is 0. The van der Waals surface area contributed by atoms with E-state index in [9.17, 15) is 4.79 Å². The van der Waals surface area contributed by atoms with E-state index >= 15 is 0 Å². The highest BCUT2D eigenvalue weighted by atomic mass is 16.6. The lowest BCUT2D eigenvalue weighted by molar-refractivity contribution is 0.0265. The molecule has 2 rings (SSSR count). The first-order valence-electron chi connectivity index (χ1n) is 7.32. The van der Waals surface area contributed by atoms with E-state index in [1.165, 1.54) is 0 Å². The third-order valence-electron chi connectivity index (χ3n) is 3.26. The summed E-state index contributed by atoms with van der Waals surface area (Å²) in [5.41, 5.74) is 14.2. The van der Waals surface area contributed by atoms with Crippen molar-refractivity contribution in [3.63, 3.8) is 0 Å². The fourth-order valence-electron chi connectivity index (χ4n) is 2.37. The molecule has 0 fully saturated rings.